The summed E-state index contributed by atoms with van der Waals surface area (Å²) in [6.45, 7) is 5.56. The van der Waals surface area contributed by atoms with Gasteiger partial charge in [-0.2, -0.15) is 0 Å². The normalized spacial score (nSPS) is 23.9. The minimum atomic E-state index is -0.377. The van der Waals surface area contributed by atoms with Gasteiger partial charge in [0, 0.05) is 17.0 Å². The van der Waals surface area contributed by atoms with Crippen molar-refractivity contribution < 1.29 is 18.9 Å². The predicted molar refractivity (Wildman–Crippen MR) is 92.2 cm³/mol. The Bertz CT molecular complexity index is 818. The minimum absolute atomic E-state index is 0.0550. The van der Waals surface area contributed by atoms with Crippen molar-refractivity contribution in [3.05, 3.63) is 45.7 Å². The van der Waals surface area contributed by atoms with E-state index in [1.165, 1.54) is 0 Å². The minimum Gasteiger partial charge on any atom is -0.348 e. The number of hydrogen-bond acceptors (Lipinski definition) is 5. The van der Waals surface area contributed by atoms with Crippen molar-refractivity contribution in [3.8, 4) is 0 Å². The van der Waals surface area contributed by atoms with Crippen LogP contribution in [0.4, 0.5) is 0 Å². The molecule has 0 bridgehead atoms. The molecule has 3 heterocycles. The molecule has 1 aromatic carbocycles. The Morgan fingerprint density at radius 3 is 2.60 bits per heavy atom. The molecule has 6 nitrogen and oxygen atoms in total. The van der Waals surface area contributed by atoms with Gasteiger partial charge in [-0.05, 0) is 25.0 Å². The van der Waals surface area contributed by atoms with Crippen LogP contribution in [0.25, 0.3) is 10.9 Å². The van der Waals surface area contributed by atoms with Crippen LogP contribution in [0.1, 0.15) is 37.2 Å². The maximum Gasteiger partial charge on any atom is 0.251 e. The molecule has 0 N–H and O–H groups in total. The lowest BCUT2D eigenvalue weighted by Gasteiger charge is -2.36. The summed E-state index contributed by atoms with van der Waals surface area (Å²) in [5.41, 5.74) is 2.68. The first-order valence-corrected chi connectivity index (χ1v) is 8.84. The molecule has 0 spiro atoms. The SMILES string of the molecule is CCCC1OC(c2ccc3c(C)cc(=O)n(CC4OCCO4)c3c2)O1. The topological polar surface area (TPSA) is 58.9 Å². The summed E-state index contributed by atoms with van der Waals surface area (Å²) in [7, 11) is 0. The maximum absolute atomic E-state index is 12.5. The first-order valence-electron chi connectivity index (χ1n) is 8.84. The van der Waals surface area contributed by atoms with Gasteiger partial charge in [0.1, 0.15) is 0 Å². The number of benzene rings is 1. The highest BCUT2D eigenvalue weighted by atomic mass is 16.9. The molecule has 1 aromatic heterocycles. The van der Waals surface area contributed by atoms with E-state index in [1.807, 2.05) is 25.1 Å². The molecule has 2 saturated heterocycles. The number of pyridine rings is 1. The van der Waals surface area contributed by atoms with E-state index < -0.39 is 0 Å². The Hall–Kier alpha value is -1.73. The molecule has 0 unspecified atom stereocenters. The second-order valence-electron chi connectivity index (χ2n) is 6.55. The highest BCUT2D eigenvalue weighted by Gasteiger charge is 2.31. The largest absolute Gasteiger partial charge is 0.348 e. The smallest absolute Gasteiger partial charge is 0.251 e. The van der Waals surface area contributed by atoms with Crippen LogP contribution in [-0.2, 0) is 25.5 Å². The van der Waals surface area contributed by atoms with Crippen LogP contribution in [-0.4, -0.2) is 30.4 Å². The van der Waals surface area contributed by atoms with Gasteiger partial charge in [0.2, 0.25) is 0 Å². The third-order valence-electron chi connectivity index (χ3n) is 4.71. The van der Waals surface area contributed by atoms with Crippen LogP contribution in [0.15, 0.2) is 29.1 Å². The van der Waals surface area contributed by atoms with Crippen molar-refractivity contribution in [2.24, 2.45) is 0 Å². The number of hydrogen-bond donors (Lipinski definition) is 0. The first-order chi connectivity index (χ1) is 12.2. The Labute approximate surface area is 146 Å². The third-order valence-corrected chi connectivity index (χ3v) is 4.71. The molecule has 0 aliphatic carbocycles. The molecule has 134 valence electrons. The number of fused-ring (bicyclic) bond motifs is 1. The van der Waals surface area contributed by atoms with Gasteiger partial charge in [-0.15, -0.1) is 0 Å². The molecule has 0 atom stereocenters. The molecule has 25 heavy (non-hydrogen) atoms. The van der Waals surface area contributed by atoms with Crippen LogP contribution in [0.2, 0.25) is 0 Å². The number of nitrogens with zero attached hydrogens (tertiary/aromatic N) is 1. The number of ether oxygens (including phenoxy) is 4. The van der Waals surface area contributed by atoms with Crippen LogP contribution in [0, 0.1) is 6.92 Å². The van der Waals surface area contributed by atoms with E-state index >= 15 is 0 Å². The highest BCUT2D eigenvalue weighted by molar-refractivity contribution is 5.83. The predicted octanol–water partition coefficient (Wildman–Crippen LogP) is 2.85. The Balaban J connectivity index is 1.68. The van der Waals surface area contributed by atoms with Gasteiger partial charge in [0.05, 0.1) is 25.3 Å². The molecule has 2 aliphatic heterocycles. The summed E-state index contributed by atoms with van der Waals surface area (Å²) in [6, 6.07) is 7.65. The van der Waals surface area contributed by atoms with Crippen molar-refractivity contribution in [2.75, 3.05) is 13.2 Å². The molecule has 2 fully saturated rings. The zero-order chi connectivity index (χ0) is 17.4. The Morgan fingerprint density at radius 1 is 1.12 bits per heavy atom. The molecule has 0 amide bonds. The van der Waals surface area contributed by atoms with Gasteiger partial charge in [-0.1, -0.05) is 25.5 Å². The maximum atomic E-state index is 12.5. The zero-order valence-electron chi connectivity index (χ0n) is 14.6. The molecular weight excluding hydrogens is 322 g/mol. The molecule has 2 aromatic rings. The summed E-state index contributed by atoms with van der Waals surface area (Å²) in [5.74, 6) is 0. The van der Waals surface area contributed by atoms with Gasteiger partial charge in [0.15, 0.2) is 18.9 Å². The Morgan fingerprint density at radius 2 is 1.88 bits per heavy atom. The van der Waals surface area contributed by atoms with E-state index in [1.54, 1.807) is 10.6 Å². The fraction of sp³-hybridized carbons (Fsp3) is 0.526. The average Bonchev–Trinajstić information content (AvgIpc) is 3.07. The molecule has 0 radical (unpaired) electrons. The van der Waals surface area contributed by atoms with Crippen molar-refractivity contribution >= 4 is 10.9 Å². The van der Waals surface area contributed by atoms with Crippen molar-refractivity contribution in [1.29, 1.82) is 0 Å². The van der Waals surface area contributed by atoms with E-state index in [0.717, 1.165) is 34.9 Å². The fourth-order valence-electron chi connectivity index (χ4n) is 3.38. The number of aromatic nitrogens is 1. The van der Waals surface area contributed by atoms with E-state index in [4.69, 9.17) is 18.9 Å². The van der Waals surface area contributed by atoms with Gasteiger partial charge in [-0.25, -0.2) is 0 Å². The summed E-state index contributed by atoms with van der Waals surface area (Å²) >= 11 is 0. The average molecular weight is 345 g/mol. The lowest BCUT2D eigenvalue weighted by Crippen LogP contribution is -2.34. The van der Waals surface area contributed by atoms with Gasteiger partial charge in [-0.3, -0.25) is 4.79 Å². The number of aryl methyl sites for hydroxylation is 1. The second-order valence-corrected chi connectivity index (χ2v) is 6.55. The highest BCUT2D eigenvalue weighted by Crippen LogP contribution is 2.35. The van der Waals surface area contributed by atoms with Crippen LogP contribution in [0.5, 0.6) is 0 Å². The lowest BCUT2D eigenvalue weighted by molar-refractivity contribution is -0.391. The van der Waals surface area contributed by atoms with Gasteiger partial charge >= 0.3 is 0 Å². The van der Waals surface area contributed by atoms with E-state index in [-0.39, 0.29) is 24.4 Å². The molecule has 4 rings (SSSR count). The van der Waals surface area contributed by atoms with Gasteiger partial charge in [0.25, 0.3) is 5.56 Å². The number of rotatable bonds is 5. The summed E-state index contributed by atoms with van der Waals surface area (Å²) in [6.07, 6.45) is 1.06. The monoisotopic (exact) mass is 345 g/mol. The molecule has 0 saturated carbocycles. The Kier molecular flexibility index (Phi) is 4.60. The summed E-state index contributed by atoms with van der Waals surface area (Å²) in [4.78, 5) is 12.5. The quantitative estimate of drug-likeness (QED) is 0.834. The zero-order valence-corrected chi connectivity index (χ0v) is 14.6. The van der Waals surface area contributed by atoms with E-state index in [0.29, 0.717) is 19.8 Å². The van der Waals surface area contributed by atoms with Crippen molar-refractivity contribution in [3.63, 3.8) is 0 Å². The first kappa shape index (κ1) is 16.7. The molecule has 6 heteroatoms. The summed E-state index contributed by atoms with van der Waals surface area (Å²) < 4.78 is 24.3. The van der Waals surface area contributed by atoms with Crippen molar-refractivity contribution in [2.45, 2.75) is 52.1 Å². The lowest BCUT2D eigenvalue weighted by atomic mass is 10.1. The van der Waals surface area contributed by atoms with Crippen LogP contribution in [0.3, 0.4) is 0 Å². The van der Waals surface area contributed by atoms with Gasteiger partial charge < -0.3 is 23.5 Å². The third kappa shape index (κ3) is 3.22. The van der Waals surface area contributed by atoms with Crippen LogP contribution >= 0.6 is 0 Å². The molecular formula is C19H23NO5. The van der Waals surface area contributed by atoms with Crippen LogP contribution < -0.4 is 5.56 Å². The fourth-order valence-corrected chi connectivity index (χ4v) is 3.38. The standard InChI is InChI=1S/C19H23NO5/c1-3-4-17-24-19(25-17)13-5-6-14-12(2)9-16(21)20(15(14)10-13)11-18-22-7-8-23-18/h5-6,9-10,17-19H,3-4,7-8,11H2,1-2H3. The summed E-state index contributed by atoms with van der Waals surface area (Å²) in [5, 5.41) is 1.03. The van der Waals surface area contributed by atoms with E-state index in [9.17, 15) is 4.79 Å². The second kappa shape index (κ2) is 6.88. The van der Waals surface area contributed by atoms with Crippen molar-refractivity contribution in [1.82, 2.24) is 4.57 Å². The van der Waals surface area contributed by atoms with E-state index in [2.05, 4.69) is 6.92 Å². The molecule has 2 aliphatic rings.